The van der Waals surface area contributed by atoms with Crippen molar-refractivity contribution in [3.63, 3.8) is 0 Å². The molecule has 3 aliphatic rings. The number of nitrogens with one attached hydrogen (secondary N) is 1. The van der Waals surface area contributed by atoms with Crippen molar-refractivity contribution in [3.8, 4) is 0 Å². The van der Waals surface area contributed by atoms with Crippen LogP contribution in [0, 0.1) is 17.7 Å². The summed E-state index contributed by atoms with van der Waals surface area (Å²) in [6, 6.07) is 5.65. The lowest BCUT2D eigenvalue weighted by molar-refractivity contribution is -0.122. The van der Waals surface area contributed by atoms with Crippen LogP contribution in [0.1, 0.15) is 48.9 Å². The number of amidine groups is 1. The molecule has 4 rings (SSSR count). The normalized spacial score (nSPS) is 22.4. The highest BCUT2D eigenvalue weighted by Gasteiger charge is 2.31. The first kappa shape index (κ1) is 21.5. The van der Waals surface area contributed by atoms with Crippen molar-refractivity contribution in [2.24, 2.45) is 21.8 Å². The van der Waals surface area contributed by atoms with E-state index in [4.69, 9.17) is 0 Å². The van der Waals surface area contributed by atoms with E-state index in [1.807, 2.05) is 4.90 Å². The van der Waals surface area contributed by atoms with Crippen LogP contribution in [0.3, 0.4) is 0 Å². The molecule has 2 amide bonds. The lowest BCUT2D eigenvalue weighted by Crippen LogP contribution is -2.44. The molecule has 2 fully saturated rings. The number of Topliss-reactive ketones (excluding diaryl/α,β-unsaturated/α-hetero) is 1. The molecule has 0 radical (unpaired) electrons. The van der Waals surface area contributed by atoms with Gasteiger partial charge in [0.05, 0.1) is 19.0 Å². The van der Waals surface area contributed by atoms with Gasteiger partial charge in [-0.05, 0) is 69.5 Å². The molecule has 1 aliphatic carbocycles. The zero-order valence-electron chi connectivity index (χ0n) is 17.5. The molecular formula is C23H27FN4O3. The predicted octanol–water partition coefficient (Wildman–Crippen LogP) is 2.41. The molecule has 1 atom stereocenters. The first-order chi connectivity index (χ1) is 15.0. The van der Waals surface area contributed by atoms with Crippen LogP contribution in [-0.2, 0) is 9.59 Å². The third-order valence-electron chi connectivity index (χ3n) is 6.29. The summed E-state index contributed by atoms with van der Waals surface area (Å²) in [6.07, 6.45) is 5.06. The Labute approximate surface area is 180 Å². The number of hydrogen-bond donors (Lipinski definition) is 1. The molecule has 8 heteroatoms. The minimum Gasteiger partial charge on any atom is -0.348 e. The van der Waals surface area contributed by atoms with Gasteiger partial charge >= 0.3 is 0 Å². The Morgan fingerprint density at radius 1 is 1.06 bits per heavy atom. The van der Waals surface area contributed by atoms with E-state index in [1.54, 1.807) is 0 Å². The number of benzene rings is 1. The second kappa shape index (κ2) is 9.60. The van der Waals surface area contributed by atoms with Crippen LogP contribution in [0.5, 0.6) is 0 Å². The van der Waals surface area contributed by atoms with Gasteiger partial charge in [0.1, 0.15) is 5.82 Å². The van der Waals surface area contributed by atoms with E-state index in [0.29, 0.717) is 37.3 Å². The molecule has 31 heavy (non-hydrogen) atoms. The van der Waals surface area contributed by atoms with Gasteiger partial charge in [-0.3, -0.25) is 19.3 Å². The maximum absolute atomic E-state index is 13.1. The van der Waals surface area contributed by atoms with Crippen molar-refractivity contribution in [1.82, 2.24) is 10.2 Å². The largest absolute Gasteiger partial charge is 0.348 e. The molecule has 0 aromatic heterocycles. The zero-order chi connectivity index (χ0) is 21.8. The number of aliphatic imine (C=N–C) groups is 2. The van der Waals surface area contributed by atoms with Crippen LogP contribution in [-0.4, -0.2) is 60.2 Å². The SMILES string of the molecule is O=C(CN1CCC(C(=O)c2ccc(F)cc2)CC1)NCC1=NC(=O)C2CCCCC2=N1. The van der Waals surface area contributed by atoms with Crippen LogP contribution >= 0.6 is 0 Å². The maximum Gasteiger partial charge on any atom is 0.256 e. The molecule has 2 aliphatic heterocycles. The first-order valence-corrected chi connectivity index (χ1v) is 11.0. The number of rotatable bonds is 6. The van der Waals surface area contributed by atoms with E-state index < -0.39 is 0 Å². The molecule has 2 heterocycles. The zero-order valence-corrected chi connectivity index (χ0v) is 17.5. The fourth-order valence-corrected chi connectivity index (χ4v) is 4.51. The molecule has 1 unspecified atom stereocenters. The minimum absolute atomic E-state index is 0.0317. The average Bonchev–Trinajstić information content (AvgIpc) is 2.78. The topological polar surface area (TPSA) is 91.2 Å². The van der Waals surface area contributed by atoms with Crippen LogP contribution in [0.25, 0.3) is 0 Å². The Morgan fingerprint density at radius 3 is 2.55 bits per heavy atom. The van der Waals surface area contributed by atoms with Crippen LogP contribution < -0.4 is 5.32 Å². The number of amides is 2. The lowest BCUT2D eigenvalue weighted by Gasteiger charge is -2.30. The van der Waals surface area contributed by atoms with Gasteiger partial charge in [-0.15, -0.1) is 0 Å². The summed E-state index contributed by atoms with van der Waals surface area (Å²) in [7, 11) is 0. The summed E-state index contributed by atoms with van der Waals surface area (Å²) < 4.78 is 13.1. The fraction of sp³-hybridized carbons (Fsp3) is 0.522. The van der Waals surface area contributed by atoms with Gasteiger partial charge in [0.25, 0.3) is 5.91 Å². The van der Waals surface area contributed by atoms with E-state index in [0.717, 1.165) is 31.4 Å². The second-order valence-corrected chi connectivity index (χ2v) is 8.47. The summed E-state index contributed by atoms with van der Waals surface area (Å²) in [5, 5.41) is 2.81. The summed E-state index contributed by atoms with van der Waals surface area (Å²) in [5.74, 6) is -0.491. The second-order valence-electron chi connectivity index (χ2n) is 8.47. The standard InChI is InChI=1S/C23H27FN4O3/c24-17-7-5-15(6-8-17)22(30)16-9-11-28(12-10-16)14-21(29)25-13-20-26-19-4-2-1-3-18(19)23(31)27-20/h5-8,16,18H,1-4,9-14H2,(H,25,29). The Bertz CT molecular complexity index is 917. The Morgan fingerprint density at radius 2 is 1.81 bits per heavy atom. The van der Waals surface area contributed by atoms with Gasteiger partial charge in [-0.1, -0.05) is 6.42 Å². The molecule has 1 N–H and O–H groups in total. The number of carbonyl (C=O) groups is 3. The smallest absolute Gasteiger partial charge is 0.256 e. The molecule has 0 bridgehead atoms. The summed E-state index contributed by atoms with van der Waals surface area (Å²) in [4.78, 5) is 47.6. The Kier molecular flexibility index (Phi) is 6.65. The van der Waals surface area contributed by atoms with Crippen LogP contribution in [0.15, 0.2) is 34.3 Å². The third-order valence-corrected chi connectivity index (χ3v) is 6.29. The summed E-state index contributed by atoms with van der Waals surface area (Å²) >= 11 is 0. The van der Waals surface area contributed by atoms with Gasteiger partial charge in [0.2, 0.25) is 5.91 Å². The maximum atomic E-state index is 13.1. The van der Waals surface area contributed by atoms with Crippen molar-refractivity contribution in [3.05, 3.63) is 35.6 Å². The Hall–Kier alpha value is -2.74. The molecule has 1 saturated carbocycles. The number of hydrogen-bond acceptors (Lipinski definition) is 5. The fourth-order valence-electron chi connectivity index (χ4n) is 4.51. The number of fused-ring (bicyclic) bond motifs is 1. The highest BCUT2D eigenvalue weighted by Crippen LogP contribution is 2.25. The highest BCUT2D eigenvalue weighted by atomic mass is 19.1. The van der Waals surface area contributed by atoms with Crippen molar-refractivity contribution in [1.29, 1.82) is 0 Å². The van der Waals surface area contributed by atoms with Gasteiger partial charge in [-0.25, -0.2) is 9.38 Å². The number of piperidine rings is 1. The number of halogens is 1. The van der Waals surface area contributed by atoms with Crippen molar-refractivity contribution < 1.29 is 18.8 Å². The van der Waals surface area contributed by atoms with Crippen molar-refractivity contribution >= 4 is 29.1 Å². The van der Waals surface area contributed by atoms with Gasteiger partial charge in [0.15, 0.2) is 11.6 Å². The molecule has 1 aromatic carbocycles. The molecule has 1 aromatic rings. The molecular weight excluding hydrogens is 399 g/mol. The van der Waals surface area contributed by atoms with Gasteiger partial charge < -0.3 is 5.32 Å². The predicted molar refractivity (Wildman–Crippen MR) is 115 cm³/mol. The molecule has 0 spiro atoms. The van der Waals surface area contributed by atoms with E-state index in [9.17, 15) is 18.8 Å². The van der Waals surface area contributed by atoms with E-state index in [2.05, 4.69) is 15.3 Å². The quantitative estimate of drug-likeness (QED) is 0.707. The molecule has 7 nitrogen and oxygen atoms in total. The van der Waals surface area contributed by atoms with Gasteiger partial charge in [-0.2, -0.15) is 4.99 Å². The van der Waals surface area contributed by atoms with Crippen LogP contribution in [0.4, 0.5) is 4.39 Å². The third kappa shape index (κ3) is 5.31. The number of carbonyl (C=O) groups excluding carboxylic acids is 3. The number of ketones is 1. The summed E-state index contributed by atoms with van der Waals surface area (Å²) in [5.41, 5.74) is 1.44. The van der Waals surface area contributed by atoms with E-state index in [-0.39, 0.29) is 48.3 Å². The molecule has 164 valence electrons. The minimum atomic E-state index is -0.356. The number of likely N-dealkylation sites (tertiary alicyclic amines) is 1. The van der Waals surface area contributed by atoms with Crippen molar-refractivity contribution in [2.75, 3.05) is 26.2 Å². The summed E-state index contributed by atoms with van der Waals surface area (Å²) in [6.45, 7) is 1.68. The number of nitrogens with zero attached hydrogens (tertiary/aromatic N) is 3. The van der Waals surface area contributed by atoms with Crippen LogP contribution in [0.2, 0.25) is 0 Å². The molecule has 1 saturated heterocycles. The van der Waals surface area contributed by atoms with Crippen molar-refractivity contribution in [2.45, 2.75) is 38.5 Å². The average molecular weight is 426 g/mol. The Balaban J connectivity index is 1.21. The van der Waals surface area contributed by atoms with E-state index >= 15 is 0 Å². The van der Waals surface area contributed by atoms with E-state index in [1.165, 1.54) is 24.3 Å². The first-order valence-electron chi connectivity index (χ1n) is 11.0. The van der Waals surface area contributed by atoms with Gasteiger partial charge in [0, 0.05) is 17.2 Å². The highest BCUT2D eigenvalue weighted by molar-refractivity contribution is 6.17. The lowest BCUT2D eigenvalue weighted by atomic mass is 9.86. The monoisotopic (exact) mass is 426 g/mol.